The number of unbranched alkanes of at least 4 members (excludes halogenated alkanes) is 1. The summed E-state index contributed by atoms with van der Waals surface area (Å²) in [6, 6.07) is 12.9. The lowest BCUT2D eigenvalue weighted by molar-refractivity contribution is 0.595. The number of sulfonamides is 1. The number of fused-ring (bicyclic) bond motifs is 1. The molecule has 0 amide bonds. The Balaban J connectivity index is 1.44. The molecule has 0 radical (unpaired) electrons. The average Bonchev–Trinajstić information content (AvgIpc) is 2.99. The smallest absolute Gasteiger partial charge is 0.263 e. The Morgan fingerprint density at radius 3 is 2.73 bits per heavy atom. The second-order valence-electron chi connectivity index (χ2n) is 7.14. The zero-order valence-corrected chi connectivity index (χ0v) is 18.9. The molecule has 2 aromatic heterocycles. The van der Waals surface area contributed by atoms with Gasteiger partial charge in [0.05, 0.1) is 10.6 Å². The Hall–Kier alpha value is -2.58. The zero-order valence-electron chi connectivity index (χ0n) is 16.5. The summed E-state index contributed by atoms with van der Waals surface area (Å²) in [4.78, 5) is 13.5. The third-order valence-corrected chi connectivity index (χ3v) is 6.78. The quantitative estimate of drug-likeness (QED) is 0.529. The first-order chi connectivity index (χ1) is 14.4. The number of nitrogens with one attached hydrogen (secondary N) is 1. The van der Waals surface area contributed by atoms with Crippen LogP contribution < -0.4 is 4.72 Å². The van der Waals surface area contributed by atoms with Gasteiger partial charge in [0.25, 0.3) is 10.0 Å². The van der Waals surface area contributed by atoms with Crippen LogP contribution in [-0.2, 0) is 16.4 Å². The predicted octanol–water partition coefficient (Wildman–Crippen LogP) is 4.28. The van der Waals surface area contributed by atoms with E-state index in [1.54, 1.807) is 18.3 Å². The molecule has 0 saturated heterocycles. The molecule has 6 nitrogen and oxygen atoms in total. The molecule has 0 aliphatic carbocycles. The Morgan fingerprint density at radius 1 is 1.10 bits per heavy atom. The van der Waals surface area contributed by atoms with Crippen molar-refractivity contribution < 1.29 is 8.42 Å². The first kappa shape index (κ1) is 20.7. The molecule has 0 bridgehead atoms. The number of nitrogens with zero attached hydrogens (tertiary/aromatic N) is 3. The predicted molar refractivity (Wildman–Crippen MR) is 121 cm³/mol. The molecular formula is C22H21BrN4O2S. The molecule has 0 saturated carbocycles. The van der Waals surface area contributed by atoms with Crippen LogP contribution in [-0.4, -0.2) is 30.8 Å². The van der Waals surface area contributed by atoms with E-state index in [4.69, 9.17) is 0 Å². The highest BCUT2D eigenvalue weighted by Gasteiger charge is 2.31. The van der Waals surface area contributed by atoms with Crippen molar-refractivity contribution in [3.8, 4) is 11.3 Å². The minimum atomic E-state index is -3.60. The largest absolute Gasteiger partial charge is 0.267 e. The van der Waals surface area contributed by atoms with E-state index in [9.17, 15) is 8.42 Å². The molecule has 1 aliphatic rings. The lowest BCUT2D eigenvalue weighted by Gasteiger charge is -2.05. The standard InChI is InChI=1S/C22H21BrN4O2S/c1-15-12-17(23)14-26-19(15)6-2-5-11-25-22-18-9-8-16(20-7-3-4-10-24-20)13-21(18)30(28,29)27-22/h3-4,7-10,12-14H,2,5-6,11H2,1H3,(H,25,27). The summed E-state index contributed by atoms with van der Waals surface area (Å²) >= 11 is 3.43. The van der Waals surface area contributed by atoms with Crippen LogP contribution in [0, 0.1) is 6.92 Å². The molecule has 0 spiro atoms. The van der Waals surface area contributed by atoms with Crippen LogP contribution in [0.5, 0.6) is 0 Å². The van der Waals surface area contributed by atoms with Gasteiger partial charge in [-0.3, -0.25) is 19.7 Å². The number of aliphatic imine (C=N–C) groups is 1. The molecule has 4 rings (SSSR count). The van der Waals surface area contributed by atoms with Gasteiger partial charge in [0.1, 0.15) is 5.84 Å². The van der Waals surface area contributed by atoms with E-state index in [1.165, 1.54) is 0 Å². The SMILES string of the molecule is Cc1cc(Br)cnc1CCCCN=C1NS(=O)(=O)c2cc(-c3ccccn3)ccc21. The van der Waals surface area contributed by atoms with Gasteiger partial charge in [-0.1, -0.05) is 12.1 Å². The minimum absolute atomic E-state index is 0.249. The van der Waals surface area contributed by atoms with Crippen molar-refractivity contribution in [2.45, 2.75) is 31.1 Å². The molecule has 0 unspecified atom stereocenters. The fourth-order valence-corrected chi connectivity index (χ4v) is 5.13. The van der Waals surface area contributed by atoms with Crippen molar-refractivity contribution in [1.82, 2.24) is 14.7 Å². The van der Waals surface area contributed by atoms with Gasteiger partial charge in [0.2, 0.25) is 0 Å². The van der Waals surface area contributed by atoms with Gasteiger partial charge >= 0.3 is 0 Å². The third kappa shape index (κ3) is 4.44. The topological polar surface area (TPSA) is 84.3 Å². The highest BCUT2D eigenvalue weighted by atomic mass is 79.9. The van der Waals surface area contributed by atoms with E-state index in [2.05, 4.69) is 48.6 Å². The van der Waals surface area contributed by atoms with Gasteiger partial charge in [-0.25, -0.2) is 8.42 Å². The number of benzene rings is 1. The maximum atomic E-state index is 12.6. The number of hydrogen-bond acceptors (Lipinski definition) is 5. The van der Waals surface area contributed by atoms with E-state index in [0.717, 1.165) is 46.2 Å². The van der Waals surface area contributed by atoms with Crippen LogP contribution in [0.15, 0.2) is 69.2 Å². The molecule has 0 atom stereocenters. The van der Waals surface area contributed by atoms with E-state index < -0.39 is 10.0 Å². The number of rotatable bonds is 6. The Morgan fingerprint density at radius 2 is 1.97 bits per heavy atom. The lowest BCUT2D eigenvalue weighted by Crippen LogP contribution is -2.22. The van der Waals surface area contributed by atoms with Gasteiger partial charge in [-0.2, -0.15) is 0 Å². The number of pyridine rings is 2. The first-order valence-corrected chi connectivity index (χ1v) is 12.0. The summed E-state index contributed by atoms with van der Waals surface area (Å²) in [5, 5.41) is 0. The van der Waals surface area contributed by atoms with Gasteiger partial charge in [0, 0.05) is 40.2 Å². The number of halogens is 1. The van der Waals surface area contributed by atoms with Gasteiger partial charge in [-0.15, -0.1) is 0 Å². The minimum Gasteiger partial charge on any atom is -0.267 e. The molecule has 0 fully saturated rings. The summed E-state index contributed by atoms with van der Waals surface area (Å²) in [7, 11) is -3.60. The molecule has 30 heavy (non-hydrogen) atoms. The van der Waals surface area contributed by atoms with Crippen molar-refractivity contribution in [3.05, 3.63) is 76.2 Å². The summed E-state index contributed by atoms with van der Waals surface area (Å²) in [5.74, 6) is 0.413. The highest BCUT2D eigenvalue weighted by molar-refractivity contribution is 9.10. The normalized spacial score (nSPS) is 15.7. The maximum Gasteiger partial charge on any atom is 0.263 e. The molecular weight excluding hydrogens is 464 g/mol. The summed E-state index contributed by atoms with van der Waals surface area (Å²) in [6.45, 7) is 2.60. The number of aryl methyl sites for hydroxylation is 2. The van der Waals surface area contributed by atoms with E-state index >= 15 is 0 Å². The Bertz CT molecular complexity index is 1210. The molecule has 8 heteroatoms. The monoisotopic (exact) mass is 484 g/mol. The van der Waals surface area contributed by atoms with Crippen LogP contribution in [0.1, 0.15) is 29.7 Å². The number of amidine groups is 1. The van der Waals surface area contributed by atoms with Crippen LogP contribution >= 0.6 is 15.9 Å². The fraction of sp³-hybridized carbons (Fsp3) is 0.227. The van der Waals surface area contributed by atoms with Crippen LogP contribution in [0.3, 0.4) is 0 Å². The molecule has 3 aromatic rings. The first-order valence-electron chi connectivity index (χ1n) is 9.68. The summed E-state index contributed by atoms with van der Waals surface area (Å²) in [6.07, 6.45) is 6.16. The Kier molecular flexibility index (Phi) is 5.97. The van der Waals surface area contributed by atoms with Crippen molar-refractivity contribution in [2.24, 2.45) is 4.99 Å². The highest BCUT2D eigenvalue weighted by Crippen LogP contribution is 2.28. The van der Waals surface area contributed by atoms with Crippen molar-refractivity contribution in [2.75, 3.05) is 6.54 Å². The molecule has 1 aliphatic heterocycles. The summed E-state index contributed by atoms with van der Waals surface area (Å²) in [5.41, 5.74) is 4.35. The summed E-state index contributed by atoms with van der Waals surface area (Å²) < 4.78 is 28.7. The van der Waals surface area contributed by atoms with E-state index in [1.807, 2.05) is 30.5 Å². The fourth-order valence-electron chi connectivity index (χ4n) is 3.41. The van der Waals surface area contributed by atoms with Crippen LogP contribution in [0.2, 0.25) is 0 Å². The van der Waals surface area contributed by atoms with Crippen LogP contribution in [0.4, 0.5) is 0 Å². The molecule has 154 valence electrons. The molecule has 1 aromatic carbocycles. The third-order valence-electron chi connectivity index (χ3n) is 4.96. The molecule has 1 N–H and O–H groups in total. The van der Waals surface area contributed by atoms with Gasteiger partial charge in [-0.05, 0) is 78.0 Å². The number of aromatic nitrogens is 2. The van der Waals surface area contributed by atoms with Gasteiger partial charge in [0.15, 0.2) is 0 Å². The van der Waals surface area contributed by atoms with Gasteiger partial charge < -0.3 is 0 Å². The second kappa shape index (κ2) is 8.65. The average molecular weight is 485 g/mol. The molecule has 3 heterocycles. The van der Waals surface area contributed by atoms with Crippen LogP contribution in [0.25, 0.3) is 11.3 Å². The van der Waals surface area contributed by atoms with Crippen molar-refractivity contribution >= 4 is 31.8 Å². The lowest BCUT2D eigenvalue weighted by atomic mass is 10.1. The Labute approximate surface area is 184 Å². The van der Waals surface area contributed by atoms with Crippen molar-refractivity contribution in [1.29, 1.82) is 0 Å². The maximum absolute atomic E-state index is 12.6. The second-order valence-corrected chi connectivity index (χ2v) is 9.70. The van der Waals surface area contributed by atoms with Crippen molar-refractivity contribution in [3.63, 3.8) is 0 Å². The number of hydrogen-bond donors (Lipinski definition) is 1. The van der Waals surface area contributed by atoms with E-state index in [-0.39, 0.29) is 4.90 Å². The van der Waals surface area contributed by atoms with E-state index in [0.29, 0.717) is 17.9 Å². The zero-order chi connectivity index (χ0) is 21.1.